The largest absolute Gasteiger partial charge is 0.312 e. The van der Waals surface area contributed by atoms with Crippen molar-refractivity contribution in [1.82, 2.24) is 5.32 Å². The van der Waals surface area contributed by atoms with Gasteiger partial charge in [-0.3, -0.25) is 0 Å². The van der Waals surface area contributed by atoms with Gasteiger partial charge in [0.1, 0.15) is 0 Å². The number of hydrogen-bond acceptors (Lipinski definition) is 2. The van der Waals surface area contributed by atoms with Gasteiger partial charge in [0, 0.05) is 10.8 Å². The maximum atomic E-state index is 3.84. The van der Waals surface area contributed by atoms with E-state index < -0.39 is 0 Å². The van der Waals surface area contributed by atoms with Gasteiger partial charge in [-0.15, -0.1) is 0 Å². The standard InChI is InChI=1S/C15H31NS/c1-6-9-16-14(13(4)11-12(2)3)15(5)8-7-10-17-15/h12-14,16H,6-11H2,1-5H3. The van der Waals surface area contributed by atoms with E-state index >= 15 is 0 Å². The van der Waals surface area contributed by atoms with E-state index in [-0.39, 0.29) is 0 Å². The molecule has 102 valence electrons. The van der Waals surface area contributed by atoms with Gasteiger partial charge in [-0.2, -0.15) is 11.8 Å². The molecule has 1 aliphatic rings. The third kappa shape index (κ3) is 4.48. The molecule has 0 saturated carbocycles. The van der Waals surface area contributed by atoms with Crippen LogP contribution in [0.3, 0.4) is 0 Å². The third-order valence-electron chi connectivity index (χ3n) is 3.93. The van der Waals surface area contributed by atoms with Crippen LogP contribution in [0.25, 0.3) is 0 Å². The molecule has 1 fully saturated rings. The Labute approximate surface area is 113 Å². The fraction of sp³-hybridized carbons (Fsp3) is 1.00. The fourth-order valence-electron chi connectivity index (χ4n) is 3.24. The average molecular weight is 257 g/mol. The molecule has 17 heavy (non-hydrogen) atoms. The monoisotopic (exact) mass is 257 g/mol. The highest BCUT2D eigenvalue weighted by Gasteiger charge is 2.40. The van der Waals surface area contributed by atoms with Crippen LogP contribution in [0.2, 0.25) is 0 Å². The second-order valence-corrected chi connectivity index (χ2v) is 7.93. The van der Waals surface area contributed by atoms with Gasteiger partial charge in [0.25, 0.3) is 0 Å². The molecule has 0 aromatic heterocycles. The summed E-state index contributed by atoms with van der Waals surface area (Å²) in [5.74, 6) is 2.96. The normalized spacial score (nSPS) is 28.6. The van der Waals surface area contributed by atoms with E-state index in [1.807, 2.05) is 0 Å². The molecule has 0 spiro atoms. The van der Waals surface area contributed by atoms with Crippen molar-refractivity contribution in [3.8, 4) is 0 Å². The molecule has 1 heterocycles. The van der Waals surface area contributed by atoms with Crippen LogP contribution in [-0.2, 0) is 0 Å². The molecule has 1 rings (SSSR count). The lowest BCUT2D eigenvalue weighted by Gasteiger charge is -2.39. The summed E-state index contributed by atoms with van der Waals surface area (Å²) in [4.78, 5) is 0. The van der Waals surface area contributed by atoms with Crippen molar-refractivity contribution < 1.29 is 0 Å². The molecule has 3 atom stereocenters. The highest BCUT2D eigenvalue weighted by atomic mass is 32.2. The van der Waals surface area contributed by atoms with Crippen molar-refractivity contribution in [2.45, 2.75) is 71.1 Å². The Morgan fingerprint density at radius 2 is 2.00 bits per heavy atom. The van der Waals surface area contributed by atoms with Crippen molar-refractivity contribution in [3.63, 3.8) is 0 Å². The molecule has 1 saturated heterocycles. The molecule has 0 aromatic rings. The van der Waals surface area contributed by atoms with Crippen LogP contribution in [0.5, 0.6) is 0 Å². The van der Waals surface area contributed by atoms with Crippen molar-refractivity contribution in [2.75, 3.05) is 12.3 Å². The molecule has 1 nitrogen and oxygen atoms in total. The van der Waals surface area contributed by atoms with Gasteiger partial charge < -0.3 is 5.32 Å². The Balaban J connectivity index is 2.64. The van der Waals surface area contributed by atoms with Crippen LogP contribution >= 0.6 is 11.8 Å². The molecular formula is C15H31NS. The molecule has 2 heteroatoms. The second kappa shape index (κ2) is 7.04. The van der Waals surface area contributed by atoms with E-state index in [1.165, 1.54) is 38.0 Å². The number of thioether (sulfide) groups is 1. The summed E-state index contributed by atoms with van der Waals surface area (Å²) in [5.41, 5.74) is 0. The maximum Gasteiger partial charge on any atom is 0.0287 e. The summed E-state index contributed by atoms with van der Waals surface area (Å²) in [6.07, 6.45) is 5.38. The molecule has 0 amide bonds. The first kappa shape index (κ1) is 15.4. The van der Waals surface area contributed by atoms with Gasteiger partial charge >= 0.3 is 0 Å². The van der Waals surface area contributed by atoms with Crippen LogP contribution in [0, 0.1) is 11.8 Å². The van der Waals surface area contributed by atoms with E-state index in [9.17, 15) is 0 Å². The zero-order chi connectivity index (χ0) is 12.9. The van der Waals surface area contributed by atoms with Gasteiger partial charge in [-0.05, 0) is 56.7 Å². The lowest BCUT2D eigenvalue weighted by molar-refractivity contribution is 0.271. The molecule has 1 N–H and O–H groups in total. The zero-order valence-electron chi connectivity index (χ0n) is 12.4. The van der Waals surface area contributed by atoms with E-state index in [0.717, 1.165) is 11.8 Å². The average Bonchev–Trinajstić information content (AvgIpc) is 2.65. The Hall–Kier alpha value is 0.310. The van der Waals surface area contributed by atoms with Gasteiger partial charge in [-0.1, -0.05) is 27.7 Å². The summed E-state index contributed by atoms with van der Waals surface area (Å²) in [7, 11) is 0. The first-order chi connectivity index (χ1) is 7.99. The molecular weight excluding hydrogens is 226 g/mol. The minimum Gasteiger partial charge on any atom is -0.312 e. The van der Waals surface area contributed by atoms with E-state index in [4.69, 9.17) is 0 Å². The van der Waals surface area contributed by atoms with Gasteiger partial charge in [0.15, 0.2) is 0 Å². The highest BCUT2D eigenvalue weighted by Crippen LogP contribution is 2.43. The van der Waals surface area contributed by atoms with Crippen LogP contribution in [-0.4, -0.2) is 23.1 Å². The predicted octanol–water partition coefficient (Wildman–Crippen LogP) is 4.32. The number of rotatable bonds is 7. The van der Waals surface area contributed by atoms with Gasteiger partial charge in [-0.25, -0.2) is 0 Å². The SMILES string of the molecule is CCCNC(C(C)CC(C)C)C1(C)CCCS1. The molecule has 0 radical (unpaired) electrons. The summed E-state index contributed by atoms with van der Waals surface area (Å²) in [6.45, 7) is 13.0. The molecule has 0 aliphatic carbocycles. The Kier molecular flexibility index (Phi) is 6.36. The van der Waals surface area contributed by atoms with Crippen LogP contribution < -0.4 is 5.32 Å². The minimum absolute atomic E-state index is 0.476. The van der Waals surface area contributed by atoms with Gasteiger partial charge in [0.2, 0.25) is 0 Å². The number of nitrogens with one attached hydrogen (secondary N) is 1. The van der Waals surface area contributed by atoms with Crippen molar-refractivity contribution in [3.05, 3.63) is 0 Å². The smallest absolute Gasteiger partial charge is 0.0287 e. The van der Waals surface area contributed by atoms with Crippen molar-refractivity contribution >= 4 is 11.8 Å². The molecule has 0 aromatic carbocycles. The lowest BCUT2D eigenvalue weighted by Crippen LogP contribution is -2.50. The fourth-order valence-corrected chi connectivity index (χ4v) is 4.78. The number of hydrogen-bond donors (Lipinski definition) is 1. The van der Waals surface area contributed by atoms with Crippen molar-refractivity contribution in [1.29, 1.82) is 0 Å². The highest BCUT2D eigenvalue weighted by molar-refractivity contribution is 8.00. The molecule has 0 bridgehead atoms. The van der Waals surface area contributed by atoms with Crippen LogP contribution in [0.15, 0.2) is 0 Å². The molecule has 3 unspecified atom stereocenters. The zero-order valence-corrected chi connectivity index (χ0v) is 13.2. The lowest BCUT2D eigenvalue weighted by atomic mass is 9.82. The minimum atomic E-state index is 0.476. The third-order valence-corrected chi connectivity index (χ3v) is 5.54. The topological polar surface area (TPSA) is 12.0 Å². The first-order valence-electron chi connectivity index (χ1n) is 7.37. The second-order valence-electron chi connectivity index (χ2n) is 6.30. The summed E-state index contributed by atoms with van der Waals surface area (Å²) in [6, 6.07) is 0.692. The quantitative estimate of drug-likeness (QED) is 0.729. The summed E-state index contributed by atoms with van der Waals surface area (Å²) < 4.78 is 0.476. The van der Waals surface area contributed by atoms with Crippen molar-refractivity contribution in [2.24, 2.45) is 11.8 Å². The Bertz CT molecular complexity index is 209. The van der Waals surface area contributed by atoms with E-state index in [2.05, 4.69) is 51.7 Å². The van der Waals surface area contributed by atoms with Crippen LogP contribution in [0.1, 0.15) is 60.3 Å². The Morgan fingerprint density at radius 3 is 2.47 bits per heavy atom. The maximum absolute atomic E-state index is 3.84. The predicted molar refractivity (Wildman–Crippen MR) is 80.8 cm³/mol. The van der Waals surface area contributed by atoms with Crippen LogP contribution in [0.4, 0.5) is 0 Å². The summed E-state index contributed by atoms with van der Waals surface area (Å²) >= 11 is 2.20. The Morgan fingerprint density at radius 1 is 1.29 bits per heavy atom. The van der Waals surface area contributed by atoms with E-state index in [1.54, 1.807) is 0 Å². The first-order valence-corrected chi connectivity index (χ1v) is 8.35. The summed E-state index contributed by atoms with van der Waals surface area (Å²) in [5, 5.41) is 3.84. The van der Waals surface area contributed by atoms with Gasteiger partial charge in [0.05, 0.1) is 0 Å². The molecule has 1 aliphatic heterocycles. The van der Waals surface area contributed by atoms with E-state index in [0.29, 0.717) is 10.8 Å².